The second-order valence-electron chi connectivity index (χ2n) is 5.74. The zero-order chi connectivity index (χ0) is 17.3. The summed E-state index contributed by atoms with van der Waals surface area (Å²) in [4.78, 5) is 12.4. The van der Waals surface area contributed by atoms with Crippen LogP contribution in [0.2, 0.25) is 0 Å². The highest BCUT2D eigenvalue weighted by Crippen LogP contribution is 2.37. The molecule has 2 heterocycles. The molecular formula is C16H21ClN2O4S2. The van der Waals surface area contributed by atoms with Crippen LogP contribution in [-0.4, -0.2) is 52.0 Å². The number of nitrogens with zero attached hydrogens (tertiary/aromatic N) is 1. The van der Waals surface area contributed by atoms with Gasteiger partial charge < -0.3 is 10.1 Å². The summed E-state index contributed by atoms with van der Waals surface area (Å²) in [6.07, 6.45) is 1.73. The van der Waals surface area contributed by atoms with E-state index in [-0.39, 0.29) is 28.2 Å². The number of carbonyl (C=O) groups excluding carboxylic acids is 1. The molecule has 9 heteroatoms. The van der Waals surface area contributed by atoms with E-state index in [2.05, 4.69) is 5.32 Å². The first-order chi connectivity index (χ1) is 11.5. The average molecular weight is 405 g/mol. The van der Waals surface area contributed by atoms with Gasteiger partial charge in [-0.3, -0.25) is 0 Å². The lowest BCUT2D eigenvalue weighted by molar-refractivity contribution is 0.0602. The second-order valence-corrected chi connectivity index (χ2v) is 8.67. The fraction of sp³-hybridized carbons (Fsp3) is 0.438. The van der Waals surface area contributed by atoms with Gasteiger partial charge in [0.05, 0.1) is 7.11 Å². The maximum atomic E-state index is 13.3. The quantitative estimate of drug-likeness (QED) is 0.792. The standard InChI is InChI=1S/C16H20N2O4S2.ClH/c1-17-11-6-5-9-18(10-11)24(20,21)15-12-7-3-4-8-13(12)23-14(15)16(19)22-2;/h3-4,7-8,11,17H,5-6,9-10H2,1-2H3;1H. The van der Waals surface area contributed by atoms with Gasteiger partial charge in [-0.05, 0) is 26.0 Å². The third-order valence-corrected chi connectivity index (χ3v) is 7.54. The fourth-order valence-corrected chi connectivity index (χ4v) is 6.33. The number of piperidine rings is 1. The molecule has 1 aromatic heterocycles. The van der Waals surface area contributed by atoms with Gasteiger partial charge in [0, 0.05) is 29.2 Å². The molecule has 1 N–H and O–H groups in total. The molecule has 1 fully saturated rings. The van der Waals surface area contributed by atoms with Crippen LogP contribution < -0.4 is 5.32 Å². The molecular weight excluding hydrogens is 384 g/mol. The lowest BCUT2D eigenvalue weighted by atomic mass is 10.1. The highest BCUT2D eigenvalue weighted by molar-refractivity contribution is 7.89. The number of methoxy groups -OCH3 is 1. The van der Waals surface area contributed by atoms with E-state index in [0.29, 0.717) is 18.5 Å². The molecule has 1 unspecified atom stereocenters. The summed E-state index contributed by atoms with van der Waals surface area (Å²) in [5, 5.41) is 3.72. The summed E-state index contributed by atoms with van der Waals surface area (Å²) in [6.45, 7) is 0.870. The molecule has 1 aromatic carbocycles. The predicted octanol–water partition coefficient (Wildman–Crippen LogP) is 2.48. The lowest BCUT2D eigenvalue weighted by Crippen LogP contribution is -2.47. The van der Waals surface area contributed by atoms with Gasteiger partial charge in [-0.25, -0.2) is 13.2 Å². The number of nitrogens with one attached hydrogen (secondary N) is 1. The summed E-state index contributed by atoms with van der Waals surface area (Å²) in [6, 6.07) is 7.29. The maximum absolute atomic E-state index is 13.3. The SMILES string of the molecule is CNC1CCCN(S(=O)(=O)c2c(C(=O)OC)sc3ccccc23)C1.Cl. The molecule has 2 aromatic rings. The molecule has 138 valence electrons. The highest BCUT2D eigenvalue weighted by Gasteiger charge is 2.35. The van der Waals surface area contributed by atoms with E-state index >= 15 is 0 Å². The Labute approximate surface area is 157 Å². The van der Waals surface area contributed by atoms with Gasteiger partial charge in [-0.15, -0.1) is 23.7 Å². The Morgan fingerprint density at radius 2 is 2.08 bits per heavy atom. The number of hydrogen-bond donors (Lipinski definition) is 1. The summed E-state index contributed by atoms with van der Waals surface area (Å²) in [5.41, 5.74) is 0. The number of carbonyl (C=O) groups is 1. The van der Waals surface area contributed by atoms with E-state index in [9.17, 15) is 13.2 Å². The largest absolute Gasteiger partial charge is 0.465 e. The Morgan fingerprint density at radius 1 is 1.36 bits per heavy atom. The van der Waals surface area contributed by atoms with Gasteiger partial charge in [0.1, 0.15) is 9.77 Å². The molecule has 0 radical (unpaired) electrons. The van der Waals surface area contributed by atoms with Crippen molar-refractivity contribution in [3.8, 4) is 0 Å². The molecule has 0 aliphatic carbocycles. The summed E-state index contributed by atoms with van der Waals surface area (Å²) >= 11 is 1.16. The summed E-state index contributed by atoms with van der Waals surface area (Å²) in [5.74, 6) is -0.614. The molecule has 0 saturated carbocycles. The first kappa shape index (κ1) is 20.1. The molecule has 1 aliphatic rings. The van der Waals surface area contributed by atoms with Crippen LogP contribution in [0, 0.1) is 0 Å². The zero-order valence-electron chi connectivity index (χ0n) is 14.0. The number of fused-ring (bicyclic) bond motifs is 1. The van der Waals surface area contributed by atoms with Crippen LogP contribution in [-0.2, 0) is 14.8 Å². The van der Waals surface area contributed by atoms with E-state index in [1.807, 2.05) is 19.2 Å². The topological polar surface area (TPSA) is 75.7 Å². The molecule has 1 saturated heterocycles. The highest BCUT2D eigenvalue weighted by atomic mass is 35.5. The van der Waals surface area contributed by atoms with Crippen molar-refractivity contribution in [3.63, 3.8) is 0 Å². The van der Waals surface area contributed by atoms with E-state index < -0.39 is 16.0 Å². The van der Waals surface area contributed by atoms with Gasteiger partial charge in [0.2, 0.25) is 10.0 Å². The number of benzene rings is 1. The van der Waals surface area contributed by atoms with E-state index in [1.54, 1.807) is 12.1 Å². The summed E-state index contributed by atoms with van der Waals surface area (Å²) < 4.78 is 33.6. The van der Waals surface area contributed by atoms with Crippen molar-refractivity contribution >= 4 is 49.8 Å². The number of esters is 1. The molecule has 0 amide bonds. The van der Waals surface area contributed by atoms with Crippen LogP contribution in [0.15, 0.2) is 29.2 Å². The van der Waals surface area contributed by atoms with Gasteiger partial charge >= 0.3 is 5.97 Å². The third-order valence-electron chi connectivity index (χ3n) is 4.31. The van der Waals surface area contributed by atoms with Crippen LogP contribution in [0.4, 0.5) is 0 Å². The van der Waals surface area contributed by atoms with Crippen molar-refractivity contribution in [1.29, 1.82) is 0 Å². The molecule has 3 rings (SSSR count). The number of sulfonamides is 1. The molecule has 25 heavy (non-hydrogen) atoms. The Kier molecular flexibility index (Phi) is 6.45. The molecule has 0 bridgehead atoms. The molecule has 1 aliphatic heterocycles. The Balaban J connectivity index is 0.00000225. The van der Waals surface area contributed by atoms with E-state index in [0.717, 1.165) is 28.9 Å². The Hall–Kier alpha value is -1.19. The van der Waals surface area contributed by atoms with Crippen molar-refractivity contribution in [1.82, 2.24) is 9.62 Å². The molecule has 6 nitrogen and oxygen atoms in total. The van der Waals surface area contributed by atoms with Crippen molar-refractivity contribution in [2.24, 2.45) is 0 Å². The summed E-state index contributed by atoms with van der Waals surface area (Å²) in [7, 11) is -0.672. The van der Waals surface area contributed by atoms with Crippen molar-refractivity contribution in [2.45, 2.75) is 23.8 Å². The molecule has 1 atom stereocenters. The Bertz CT molecular complexity index is 866. The minimum Gasteiger partial charge on any atom is -0.465 e. The number of likely N-dealkylation sites (N-methyl/N-ethyl adjacent to an activating group) is 1. The average Bonchev–Trinajstić information content (AvgIpc) is 3.01. The minimum absolute atomic E-state index is 0. The smallest absolute Gasteiger partial charge is 0.349 e. The minimum atomic E-state index is -3.77. The first-order valence-corrected chi connectivity index (χ1v) is 10.0. The van der Waals surface area contributed by atoms with Gasteiger partial charge in [0.25, 0.3) is 0 Å². The predicted molar refractivity (Wildman–Crippen MR) is 101 cm³/mol. The monoisotopic (exact) mass is 404 g/mol. The first-order valence-electron chi connectivity index (χ1n) is 7.76. The van der Waals surface area contributed by atoms with Crippen LogP contribution in [0.3, 0.4) is 0 Å². The van der Waals surface area contributed by atoms with Crippen LogP contribution >= 0.6 is 23.7 Å². The maximum Gasteiger partial charge on any atom is 0.349 e. The lowest BCUT2D eigenvalue weighted by Gasteiger charge is -2.31. The zero-order valence-corrected chi connectivity index (χ0v) is 16.5. The van der Waals surface area contributed by atoms with Crippen molar-refractivity contribution < 1.29 is 17.9 Å². The normalized spacial score (nSPS) is 18.7. The van der Waals surface area contributed by atoms with Gasteiger partial charge in [-0.2, -0.15) is 4.31 Å². The Morgan fingerprint density at radius 3 is 2.76 bits per heavy atom. The second kappa shape index (κ2) is 8.01. The van der Waals surface area contributed by atoms with Crippen LogP contribution in [0.5, 0.6) is 0 Å². The molecule has 0 spiro atoms. The van der Waals surface area contributed by atoms with Gasteiger partial charge in [0.15, 0.2) is 0 Å². The number of halogens is 1. The fourth-order valence-electron chi connectivity index (χ4n) is 3.03. The van der Waals surface area contributed by atoms with Crippen LogP contribution in [0.1, 0.15) is 22.5 Å². The van der Waals surface area contributed by atoms with Crippen LogP contribution in [0.25, 0.3) is 10.1 Å². The van der Waals surface area contributed by atoms with E-state index in [4.69, 9.17) is 4.74 Å². The number of hydrogen-bond acceptors (Lipinski definition) is 6. The number of rotatable bonds is 4. The third kappa shape index (κ3) is 3.68. The van der Waals surface area contributed by atoms with Crippen molar-refractivity contribution in [3.05, 3.63) is 29.1 Å². The number of ether oxygens (including phenoxy) is 1. The van der Waals surface area contributed by atoms with Crippen molar-refractivity contribution in [2.75, 3.05) is 27.2 Å². The van der Waals surface area contributed by atoms with Gasteiger partial charge in [-0.1, -0.05) is 18.2 Å². The van der Waals surface area contributed by atoms with E-state index in [1.165, 1.54) is 11.4 Å². The number of thiophene rings is 1.